The summed E-state index contributed by atoms with van der Waals surface area (Å²) in [5.41, 5.74) is 10.6. The standard InChI is InChI=1S/C46H29N3S/c1-3-13-30(14-4-1)39-29-40(31-15-5-2-6-16-31)48-46(47-39)36-19-8-11-21-42(36)49-41-20-10-7-17-34(41)37-27-32(23-25-43(37)49)33-24-26-45-38(28-33)35-18-9-12-22-44(35)50-45/h1-29H. The molecule has 0 spiro atoms. The molecule has 3 heterocycles. The number of fused-ring (bicyclic) bond motifs is 6. The van der Waals surface area contributed by atoms with Crippen molar-refractivity contribution in [3.05, 3.63) is 176 Å². The van der Waals surface area contributed by atoms with Crippen molar-refractivity contribution in [3.63, 3.8) is 0 Å². The number of nitrogens with zero attached hydrogens (tertiary/aromatic N) is 3. The SMILES string of the molecule is c1ccc(-c2cc(-c3ccccc3)nc(-c3ccccc3-n3c4ccccc4c4cc(-c5ccc6sc7ccccc7c6c5)ccc43)n2)cc1. The van der Waals surface area contributed by atoms with E-state index in [9.17, 15) is 0 Å². The normalized spacial score (nSPS) is 11.6. The number of hydrogen-bond acceptors (Lipinski definition) is 3. The van der Waals surface area contributed by atoms with Crippen LogP contribution in [0, 0.1) is 0 Å². The summed E-state index contributed by atoms with van der Waals surface area (Å²) in [5.74, 6) is 0.694. The molecule has 234 valence electrons. The maximum atomic E-state index is 5.20. The maximum Gasteiger partial charge on any atom is 0.162 e. The smallest absolute Gasteiger partial charge is 0.162 e. The van der Waals surface area contributed by atoms with Crippen molar-refractivity contribution in [1.82, 2.24) is 14.5 Å². The van der Waals surface area contributed by atoms with E-state index in [4.69, 9.17) is 9.97 Å². The summed E-state index contributed by atoms with van der Waals surface area (Å²) in [6.07, 6.45) is 0. The van der Waals surface area contributed by atoms with Crippen LogP contribution in [0.15, 0.2) is 176 Å². The van der Waals surface area contributed by atoms with Gasteiger partial charge in [-0.3, -0.25) is 0 Å². The summed E-state index contributed by atoms with van der Waals surface area (Å²) >= 11 is 1.86. The first kappa shape index (κ1) is 28.6. The fraction of sp³-hybridized carbons (Fsp3) is 0. The topological polar surface area (TPSA) is 30.7 Å². The third-order valence-corrected chi connectivity index (χ3v) is 10.8. The van der Waals surface area contributed by atoms with Gasteiger partial charge in [-0.1, -0.05) is 121 Å². The number of aromatic nitrogens is 3. The predicted molar refractivity (Wildman–Crippen MR) is 211 cm³/mol. The van der Waals surface area contributed by atoms with Crippen molar-refractivity contribution < 1.29 is 0 Å². The fourth-order valence-corrected chi connectivity index (χ4v) is 8.34. The lowest BCUT2D eigenvalue weighted by atomic mass is 10.0. The average molecular weight is 656 g/mol. The fourth-order valence-electron chi connectivity index (χ4n) is 7.26. The van der Waals surface area contributed by atoms with E-state index in [1.807, 2.05) is 23.5 Å². The van der Waals surface area contributed by atoms with Gasteiger partial charge in [-0.2, -0.15) is 0 Å². The zero-order valence-corrected chi connectivity index (χ0v) is 27.8. The second-order valence-corrected chi connectivity index (χ2v) is 13.7. The van der Waals surface area contributed by atoms with Gasteiger partial charge in [0.15, 0.2) is 5.82 Å². The maximum absolute atomic E-state index is 5.20. The molecule has 4 heteroatoms. The van der Waals surface area contributed by atoms with Gasteiger partial charge in [0, 0.05) is 47.6 Å². The van der Waals surface area contributed by atoms with E-state index in [-0.39, 0.29) is 0 Å². The highest BCUT2D eigenvalue weighted by atomic mass is 32.1. The number of thiophene rings is 1. The second kappa shape index (κ2) is 11.7. The lowest BCUT2D eigenvalue weighted by molar-refractivity contribution is 1.14. The Labute approximate surface area is 293 Å². The quantitative estimate of drug-likeness (QED) is 0.185. The summed E-state index contributed by atoms with van der Waals surface area (Å²) in [6.45, 7) is 0. The lowest BCUT2D eigenvalue weighted by Crippen LogP contribution is -2.01. The molecule has 10 aromatic rings. The molecule has 3 aromatic heterocycles. The molecule has 0 radical (unpaired) electrons. The number of benzene rings is 7. The summed E-state index contributed by atoms with van der Waals surface area (Å²) < 4.78 is 5.02. The van der Waals surface area contributed by atoms with Crippen molar-refractivity contribution in [2.75, 3.05) is 0 Å². The third-order valence-electron chi connectivity index (χ3n) is 9.63. The van der Waals surface area contributed by atoms with Gasteiger partial charge in [-0.05, 0) is 65.7 Å². The van der Waals surface area contributed by atoms with Gasteiger partial charge < -0.3 is 4.57 Å². The van der Waals surface area contributed by atoms with E-state index < -0.39 is 0 Å². The Balaban J connectivity index is 1.17. The van der Waals surface area contributed by atoms with Crippen molar-refractivity contribution >= 4 is 53.3 Å². The lowest BCUT2D eigenvalue weighted by Gasteiger charge is -2.15. The molecule has 0 bridgehead atoms. The molecular formula is C46H29N3S. The molecule has 0 unspecified atom stereocenters. The Morgan fingerprint density at radius 3 is 1.70 bits per heavy atom. The van der Waals surface area contributed by atoms with Gasteiger partial charge >= 0.3 is 0 Å². The molecule has 0 N–H and O–H groups in total. The molecule has 3 nitrogen and oxygen atoms in total. The molecule has 10 rings (SSSR count). The average Bonchev–Trinajstić information content (AvgIpc) is 3.73. The molecule has 0 aliphatic heterocycles. The molecule has 0 aliphatic carbocycles. The zero-order valence-electron chi connectivity index (χ0n) is 27.0. The minimum absolute atomic E-state index is 0.694. The highest BCUT2D eigenvalue weighted by Crippen LogP contribution is 2.40. The molecule has 0 atom stereocenters. The summed E-state index contributed by atoms with van der Waals surface area (Å²) in [7, 11) is 0. The molecule has 7 aromatic carbocycles. The summed E-state index contributed by atoms with van der Waals surface area (Å²) in [6, 6.07) is 62.5. The first-order valence-corrected chi connectivity index (χ1v) is 17.6. The highest BCUT2D eigenvalue weighted by Gasteiger charge is 2.19. The molecule has 0 saturated carbocycles. The zero-order chi connectivity index (χ0) is 33.0. The van der Waals surface area contributed by atoms with Crippen LogP contribution in [0.3, 0.4) is 0 Å². The van der Waals surface area contributed by atoms with Gasteiger partial charge in [-0.25, -0.2) is 9.97 Å². The van der Waals surface area contributed by atoms with Crippen LogP contribution in [0.5, 0.6) is 0 Å². The van der Waals surface area contributed by atoms with Gasteiger partial charge in [0.05, 0.1) is 28.1 Å². The van der Waals surface area contributed by atoms with Crippen molar-refractivity contribution in [2.24, 2.45) is 0 Å². The van der Waals surface area contributed by atoms with Crippen LogP contribution < -0.4 is 0 Å². The molecular weight excluding hydrogens is 627 g/mol. The van der Waals surface area contributed by atoms with E-state index in [0.717, 1.165) is 44.8 Å². The van der Waals surface area contributed by atoms with E-state index in [1.54, 1.807) is 0 Å². The van der Waals surface area contributed by atoms with Crippen LogP contribution in [-0.4, -0.2) is 14.5 Å². The Kier molecular flexibility index (Phi) is 6.68. The largest absolute Gasteiger partial charge is 0.309 e. The van der Waals surface area contributed by atoms with Gasteiger partial charge in [0.1, 0.15) is 0 Å². The number of rotatable bonds is 5. The predicted octanol–water partition coefficient (Wildman–Crippen LogP) is 12.6. The first-order chi connectivity index (χ1) is 24.8. The van der Waals surface area contributed by atoms with Crippen molar-refractivity contribution in [1.29, 1.82) is 0 Å². The van der Waals surface area contributed by atoms with Crippen molar-refractivity contribution in [2.45, 2.75) is 0 Å². The molecule has 0 fully saturated rings. The van der Waals surface area contributed by atoms with Gasteiger partial charge in [0.2, 0.25) is 0 Å². The van der Waals surface area contributed by atoms with Crippen LogP contribution >= 0.6 is 11.3 Å². The van der Waals surface area contributed by atoms with Gasteiger partial charge in [0.25, 0.3) is 0 Å². The van der Waals surface area contributed by atoms with E-state index in [2.05, 4.69) is 168 Å². The molecule has 0 amide bonds. The monoisotopic (exact) mass is 655 g/mol. The number of para-hydroxylation sites is 2. The molecule has 0 saturated heterocycles. The minimum atomic E-state index is 0.694. The minimum Gasteiger partial charge on any atom is -0.309 e. The Morgan fingerprint density at radius 2 is 0.940 bits per heavy atom. The van der Waals surface area contributed by atoms with Gasteiger partial charge in [-0.15, -0.1) is 11.3 Å². The third kappa shape index (κ3) is 4.73. The van der Waals surface area contributed by atoms with E-state index >= 15 is 0 Å². The summed E-state index contributed by atoms with van der Waals surface area (Å²) in [5, 5.41) is 5.06. The second-order valence-electron chi connectivity index (χ2n) is 12.6. The van der Waals surface area contributed by atoms with E-state index in [1.165, 1.54) is 42.1 Å². The van der Waals surface area contributed by atoms with Crippen LogP contribution in [-0.2, 0) is 0 Å². The van der Waals surface area contributed by atoms with Crippen LogP contribution in [0.25, 0.3) is 92.7 Å². The first-order valence-electron chi connectivity index (χ1n) is 16.8. The van der Waals surface area contributed by atoms with Crippen LogP contribution in [0.2, 0.25) is 0 Å². The Bertz CT molecular complexity index is 2810. The Morgan fingerprint density at radius 1 is 0.380 bits per heavy atom. The van der Waals surface area contributed by atoms with Crippen LogP contribution in [0.4, 0.5) is 0 Å². The van der Waals surface area contributed by atoms with Crippen LogP contribution in [0.1, 0.15) is 0 Å². The highest BCUT2D eigenvalue weighted by molar-refractivity contribution is 7.25. The Hall–Kier alpha value is -6.36. The van der Waals surface area contributed by atoms with E-state index in [0.29, 0.717) is 5.82 Å². The molecule has 50 heavy (non-hydrogen) atoms. The summed E-state index contributed by atoms with van der Waals surface area (Å²) in [4.78, 5) is 10.4. The number of hydrogen-bond donors (Lipinski definition) is 0. The van der Waals surface area contributed by atoms with Crippen molar-refractivity contribution in [3.8, 4) is 50.7 Å². The molecule has 0 aliphatic rings.